The van der Waals surface area contributed by atoms with Crippen LogP contribution in [0.5, 0.6) is 5.75 Å². The fourth-order valence-corrected chi connectivity index (χ4v) is 2.31. The molecular weight excluding hydrogens is 328 g/mol. The highest BCUT2D eigenvalue weighted by Gasteiger charge is 2.07. The molecular formula is C18H15ClN2O3. The first-order chi connectivity index (χ1) is 11.6. The third kappa shape index (κ3) is 3.94. The van der Waals surface area contributed by atoms with Crippen molar-refractivity contribution >= 4 is 23.5 Å². The molecule has 0 radical (unpaired) electrons. The zero-order valence-corrected chi connectivity index (χ0v) is 13.7. The molecule has 24 heavy (non-hydrogen) atoms. The van der Waals surface area contributed by atoms with Crippen molar-refractivity contribution in [2.24, 2.45) is 7.05 Å². The lowest BCUT2D eigenvalue weighted by atomic mass is 10.2. The standard InChI is InChI=1S/C18H15ClN2O3/c1-21-17(9-10-20-21)18(22)8-7-14-5-6-16(24-14)12-23-15-4-2-3-13(19)11-15/h2-11H,12H2,1H3/b8-7+. The van der Waals surface area contributed by atoms with Gasteiger partial charge in [-0.2, -0.15) is 5.10 Å². The second kappa shape index (κ2) is 7.19. The van der Waals surface area contributed by atoms with Gasteiger partial charge in [0.1, 0.15) is 29.6 Å². The number of halogens is 1. The minimum Gasteiger partial charge on any atom is -0.486 e. The summed E-state index contributed by atoms with van der Waals surface area (Å²) in [6, 6.07) is 12.4. The monoisotopic (exact) mass is 342 g/mol. The van der Waals surface area contributed by atoms with Crippen LogP contribution in [-0.4, -0.2) is 15.6 Å². The molecule has 0 bridgehead atoms. The smallest absolute Gasteiger partial charge is 0.203 e. The first-order valence-electron chi connectivity index (χ1n) is 7.29. The topological polar surface area (TPSA) is 57.3 Å². The molecule has 0 saturated carbocycles. The van der Waals surface area contributed by atoms with Crippen molar-refractivity contribution in [2.75, 3.05) is 0 Å². The van der Waals surface area contributed by atoms with Crippen molar-refractivity contribution in [3.63, 3.8) is 0 Å². The van der Waals surface area contributed by atoms with Crippen molar-refractivity contribution in [1.82, 2.24) is 9.78 Å². The summed E-state index contributed by atoms with van der Waals surface area (Å²) in [4.78, 5) is 12.0. The Labute approximate surface area is 144 Å². The Morgan fingerprint density at radius 2 is 2.21 bits per heavy atom. The SMILES string of the molecule is Cn1nccc1C(=O)/C=C/c1ccc(COc2cccc(Cl)c2)o1. The summed E-state index contributed by atoms with van der Waals surface area (Å²) in [6.07, 6.45) is 4.66. The van der Waals surface area contributed by atoms with E-state index < -0.39 is 0 Å². The first-order valence-corrected chi connectivity index (χ1v) is 7.67. The number of hydrogen-bond acceptors (Lipinski definition) is 4. The number of aryl methyl sites for hydroxylation is 1. The van der Waals surface area contributed by atoms with Crippen molar-refractivity contribution in [3.05, 3.63) is 77.0 Å². The number of ketones is 1. The van der Waals surface area contributed by atoms with Crippen LogP contribution in [-0.2, 0) is 13.7 Å². The zero-order valence-electron chi connectivity index (χ0n) is 13.0. The maximum Gasteiger partial charge on any atom is 0.203 e. The fraction of sp³-hybridized carbons (Fsp3) is 0.111. The molecule has 0 spiro atoms. The van der Waals surface area contributed by atoms with E-state index in [0.717, 1.165) is 0 Å². The Morgan fingerprint density at radius 1 is 1.33 bits per heavy atom. The van der Waals surface area contributed by atoms with Crippen molar-refractivity contribution in [1.29, 1.82) is 0 Å². The molecule has 2 aromatic heterocycles. The average molecular weight is 343 g/mol. The van der Waals surface area contributed by atoms with E-state index in [9.17, 15) is 4.79 Å². The van der Waals surface area contributed by atoms with Crippen molar-refractivity contribution in [2.45, 2.75) is 6.61 Å². The maximum absolute atomic E-state index is 12.0. The Kier molecular flexibility index (Phi) is 4.82. The zero-order chi connectivity index (χ0) is 16.9. The molecule has 0 atom stereocenters. The van der Waals surface area contributed by atoms with Gasteiger partial charge in [-0.05, 0) is 48.6 Å². The van der Waals surface area contributed by atoms with E-state index in [2.05, 4.69) is 5.10 Å². The maximum atomic E-state index is 12.0. The molecule has 0 saturated heterocycles. The van der Waals surface area contributed by atoms with Crippen LogP contribution < -0.4 is 4.74 Å². The Balaban J connectivity index is 1.60. The number of nitrogens with zero attached hydrogens (tertiary/aromatic N) is 2. The third-order valence-corrected chi connectivity index (χ3v) is 3.57. The molecule has 0 N–H and O–H groups in total. The molecule has 2 heterocycles. The summed E-state index contributed by atoms with van der Waals surface area (Å²) in [6.45, 7) is 0.282. The number of hydrogen-bond donors (Lipinski definition) is 0. The first kappa shape index (κ1) is 16.1. The highest BCUT2D eigenvalue weighted by atomic mass is 35.5. The van der Waals surface area contributed by atoms with E-state index in [4.69, 9.17) is 20.8 Å². The predicted molar refractivity (Wildman–Crippen MR) is 91.1 cm³/mol. The molecule has 6 heteroatoms. The number of allylic oxidation sites excluding steroid dienone is 1. The molecule has 3 rings (SSSR count). The summed E-state index contributed by atoms with van der Waals surface area (Å²) in [7, 11) is 1.72. The van der Waals surface area contributed by atoms with Gasteiger partial charge < -0.3 is 9.15 Å². The van der Waals surface area contributed by atoms with Crippen LogP contribution in [0.3, 0.4) is 0 Å². The molecule has 0 unspecified atom stereocenters. The molecule has 1 aromatic carbocycles. The number of carbonyl (C=O) groups is 1. The quantitative estimate of drug-likeness (QED) is 0.499. The third-order valence-electron chi connectivity index (χ3n) is 3.33. The predicted octanol–water partition coefficient (Wildman–Crippen LogP) is 4.14. The van der Waals surface area contributed by atoms with E-state index in [0.29, 0.717) is 28.0 Å². The van der Waals surface area contributed by atoms with Crippen molar-refractivity contribution < 1.29 is 13.9 Å². The number of carbonyl (C=O) groups excluding carboxylic acids is 1. The fourth-order valence-electron chi connectivity index (χ4n) is 2.13. The van der Waals surface area contributed by atoms with Crippen LogP contribution in [0.4, 0.5) is 0 Å². The van der Waals surface area contributed by atoms with E-state index in [1.807, 2.05) is 12.1 Å². The lowest BCUT2D eigenvalue weighted by Crippen LogP contribution is -2.03. The highest BCUT2D eigenvalue weighted by Crippen LogP contribution is 2.19. The van der Waals surface area contributed by atoms with Gasteiger partial charge in [0.2, 0.25) is 5.78 Å². The minimum atomic E-state index is -0.136. The highest BCUT2D eigenvalue weighted by molar-refractivity contribution is 6.30. The van der Waals surface area contributed by atoms with Crippen molar-refractivity contribution in [3.8, 4) is 5.75 Å². The molecule has 0 amide bonds. The molecule has 5 nitrogen and oxygen atoms in total. The van der Waals surface area contributed by atoms with E-state index in [1.54, 1.807) is 49.7 Å². The number of benzene rings is 1. The van der Waals surface area contributed by atoms with Gasteiger partial charge in [-0.1, -0.05) is 17.7 Å². The van der Waals surface area contributed by atoms with Crippen LogP contribution >= 0.6 is 11.6 Å². The second-order valence-electron chi connectivity index (χ2n) is 5.09. The average Bonchev–Trinajstić information content (AvgIpc) is 3.19. The molecule has 122 valence electrons. The number of rotatable bonds is 6. The van der Waals surface area contributed by atoms with Gasteiger partial charge in [0.25, 0.3) is 0 Å². The van der Waals surface area contributed by atoms with Gasteiger partial charge in [0.15, 0.2) is 0 Å². The number of ether oxygens (including phenoxy) is 1. The summed E-state index contributed by atoms with van der Waals surface area (Å²) < 4.78 is 12.7. The minimum absolute atomic E-state index is 0.136. The Bertz CT molecular complexity index is 880. The molecule has 0 aliphatic rings. The van der Waals surface area contributed by atoms with E-state index >= 15 is 0 Å². The molecule has 0 aliphatic heterocycles. The van der Waals surface area contributed by atoms with Gasteiger partial charge in [0.05, 0.1) is 0 Å². The van der Waals surface area contributed by atoms with E-state index in [1.165, 1.54) is 10.8 Å². The number of aromatic nitrogens is 2. The largest absolute Gasteiger partial charge is 0.486 e. The normalized spacial score (nSPS) is 11.1. The van der Waals surface area contributed by atoms with Gasteiger partial charge >= 0.3 is 0 Å². The Hall–Kier alpha value is -2.79. The van der Waals surface area contributed by atoms with Crippen LogP contribution in [0.1, 0.15) is 22.0 Å². The van der Waals surface area contributed by atoms with Crippen LogP contribution in [0.15, 0.2) is 59.2 Å². The summed E-state index contributed by atoms with van der Waals surface area (Å²) in [5.41, 5.74) is 0.516. The van der Waals surface area contributed by atoms with E-state index in [-0.39, 0.29) is 12.4 Å². The lowest BCUT2D eigenvalue weighted by molar-refractivity contribution is 0.103. The van der Waals surface area contributed by atoms with Crippen LogP contribution in [0, 0.1) is 0 Å². The van der Waals surface area contributed by atoms with Gasteiger partial charge in [-0.15, -0.1) is 0 Å². The molecule has 0 aliphatic carbocycles. The lowest BCUT2D eigenvalue weighted by Gasteiger charge is -2.03. The molecule has 0 fully saturated rings. The summed E-state index contributed by atoms with van der Waals surface area (Å²) >= 11 is 5.90. The van der Waals surface area contributed by atoms with Crippen LogP contribution in [0.2, 0.25) is 5.02 Å². The number of furan rings is 1. The molecule has 3 aromatic rings. The van der Waals surface area contributed by atoms with Gasteiger partial charge in [-0.3, -0.25) is 9.48 Å². The summed E-state index contributed by atoms with van der Waals surface area (Å²) in [5, 5.41) is 4.58. The van der Waals surface area contributed by atoms with Crippen LogP contribution in [0.25, 0.3) is 6.08 Å². The Morgan fingerprint density at radius 3 is 2.96 bits per heavy atom. The second-order valence-corrected chi connectivity index (χ2v) is 5.52. The van der Waals surface area contributed by atoms with Gasteiger partial charge in [-0.25, -0.2) is 0 Å². The van der Waals surface area contributed by atoms with Gasteiger partial charge in [0, 0.05) is 18.3 Å². The summed E-state index contributed by atoms with van der Waals surface area (Å²) in [5.74, 6) is 1.77.